The third kappa shape index (κ3) is 1.30. The Morgan fingerprint density at radius 1 is 1.55 bits per heavy atom. The number of ether oxygens (including phenoxy) is 1. The molecule has 2 atom stereocenters. The van der Waals surface area contributed by atoms with Crippen molar-refractivity contribution in [3.05, 3.63) is 0 Å². The van der Waals surface area contributed by atoms with Crippen LogP contribution in [0.15, 0.2) is 0 Å². The molecule has 2 unspecified atom stereocenters. The average molecular weight is 173 g/mol. The lowest BCUT2D eigenvalue weighted by Gasteiger charge is -2.35. The standard InChI is InChI=1S/C8H15NOS/c9-7-2-4-10-8(7)3-1-5-11-6-8/h7H,1-6,9H2. The molecule has 2 nitrogen and oxygen atoms in total. The summed E-state index contributed by atoms with van der Waals surface area (Å²) in [5.41, 5.74) is 6.08. The maximum atomic E-state index is 6.01. The van der Waals surface area contributed by atoms with Gasteiger partial charge in [-0.05, 0) is 25.0 Å². The van der Waals surface area contributed by atoms with Crippen LogP contribution in [0.3, 0.4) is 0 Å². The van der Waals surface area contributed by atoms with Gasteiger partial charge >= 0.3 is 0 Å². The summed E-state index contributed by atoms with van der Waals surface area (Å²) in [6, 6.07) is 0.301. The first-order valence-electron chi connectivity index (χ1n) is 4.31. The van der Waals surface area contributed by atoms with Crippen molar-refractivity contribution in [2.75, 3.05) is 18.1 Å². The number of nitrogens with two attached hydrogens (primary N) is 1. The van der Waals surface area contributed by atoms with E-state index in [-0.39, 0.29) is 5.60 Å². The molecule has 2 aliphatic heterocycles. The van der Waals surface area contributed by atoms with E-state index in [1.54, 1.807) is 0 Å². The molecule has 2 heterocycles. The quantitative estimate of drug-likeness (QED) is 0.593. The first-order chi connectivity index (χ1) is 5.33. The summed E-state index contributed by atoms with van der Waals surface area (Å²) in [6.45, 7) is 0.877. The van der Waals surface area contributed by atoms with E-state index in [0.717, 1.165) is 18.8 Å². The smallest absolute Gasteiger partial charge is 0.0923 e. The number of hydrogen-bond acceptors (Lipinski definition) is 3. The Bertz CT molecular complexity index is 145. The lowest BCUT2D eigenvalue weighted by Crippen LogP contribution is -2.48. The summed E-state index contributed by atoms with van der Waals surface area (Å²) >= 11 is 1.99. The van der Waals surface area contributed by atoms with Gasteiger partial charge in [0.1, 0.15) is 0 Å². The van der Waals surface area contributed by atoms with E-state index in [4.69, 9.17) is 10.5 Å². The van der Waals surface area contributed by atoms with Gasteiger partial charge in [0.2, 0.25) is 0 Å². The van der Waals surface area contributed by atoms with Crippen LogP contribution in [0.4, 0.5) is 0 Å². The summed E-state index contributed by atoms with van der Waals surface area (Å²) in [7, 11) is 0. The number of thioether (sulfide) groups is 1. The molecule has 0 radical (unpaired) electrons. The average Bonchev–Trinajstić information content (AvgIpc) is 2.36. The van der Waals surface area contributed by atoms with Crippen molar-refractivity contribution in [1.82, 2.24) is 0 Å². The fourth-order valence-electron chi connectivity index (χ4n) is 1.96. The maximum absolute atomic E-state index is 6.01. The second kappa shape index (κ2) is 2.96. The van der Waals surface area contributed by atoms with Gasteiger partial charge in [-0.3, -0.25) is 0 Å². The topological polar surface area (TPSA) is 35.2 Å². The van der Waals surface area contributed by atoms with Crippen molar-refractivity contribution in [2.45, 2.75) is 30.9 Å². The lowest BCUT2D eigenvalue weighted by atomic mass is 9.92. The van der Waals surface area contributed by atoms with E-state index in [2.05, 4.69) is 0 Å². The van der Waals surface area contributed by atoms with Gasteiger partial charge in [-0.2, -0.15) is 11.8 Å². The molecule has 0 amide bonds. The van der Waals surface area contributed by atoms with Crippen molar-refractivity contribution in [1.29, 1.82) is 0 Å². The fraction of sp³-hybridized carbons (Fsp3) is 1.00. The third-order valence-corrected chi connectivity index (χ3v) is 4.00. The molecule has 0 aliphatic carbocycles. The molecule has 3 heteroatoms. The predicted octanol–water partition coefficient (Wildman–Crippen LogP) is 1.000. The van der Waals surface area contributed by atoms with Crippen LogP contribution in [0.1, 0.15) is 19.3 Å². The summed E-state index contributed by atoms with van der Waals surface area (Å²) in [5.74, 6) is 2.41. The van der Waals surface area contributed by atoms with Crippen LogP contribution in [0.2, 0.25) is 0 Å². The largest absolute Gasteiger partial charge is 0.372 e. The van der Waals surface area contributed by atoms with E-state index in [1.165, 1.54) is 18.6 Å². The molecule has 0 aromatic carbocycles. The monoisotopic (exact) mass is 173 g/mol. The molecule has 0 bridgehead atoms. The Morgan fingerprint density at radius 2 is 2.45 bits per heavy atom. The molecule has 0 saturated carbocycles. The zero-order valence-electron chi connectivity index (χ0n) is 6.71. The Labute approximate surface area is 71.9 Å². The minimum atomic E-state index is 0.0723. The molecule has 2 fully saturated rings. The van der Waals surface area contributed by atoms with Gasteiger partial charge in [-0.25, -0.2) is 0 Å². The molecular weight excluding hydrogens is 158 g/mol. The summed E-state index contributed by atoms with van der Waals surface area (Å²) in [6.07, 6.45) is 3.51. The summed E-state index contributed by atoms with van der Waals surface area (Å²) in [4.78, 5) is 0. The van der Waals surface area contributed by atoms with Crippen LogP contribution in [0, 0.1) is 0 Å². The molecular formula is C8H15NOS. The van der Waals surface area contributed by atoms with Crippen molar-refractivity contribution in [3.63, 3.8) is 0 Å². The van der Waals surface area contributed by atoms with Crippen LogP contribution in [0.5, 0.6) is 0 Å². The first-order valence-corrected chi connectivity index (χ1v) is 5.46. The van der Waals surface area contributed by atoms with Crippen molar-refractivity contribution in [2.24, 2.45) is 5.73 Å². The Balaban J connectivity index is 2.06. The van der Waals surface area contributed by atoms with Gasteiger partial charge in [0, 0.05) is 18.4 Å². The minimum Gasteiger partial charge on any atom is -0.372 e. The maximum Gasteiger partial charge on any atom is 0.0923 e. The Morgan fingerprint density at radius 3 is 3.00 bits per heavy atom. The highest BCUT2D eigenvalue weighted by Crippen LogP contribution is 2.36. The molecule has 2 rings (SSSR count). The van der Waals surface area contributed by atoms with E-state index < -0.39 is 0 Å². The molecule has 0 aromatic rings. The van der Waals surface area contributed by atoms with Crippen LogP contribution in [-0.2, 0) is 4.74 Å². The van der Waals surface area contributed by atoms with E-state index in [1.807, 2.05) is 11.8 Å². The van der Waals surface area contributed by atoms with Crippen LogP contribution < -0.4 is 5.73 Å². The molecule has 2 N–H and O–H groups in total. The van der Waals surface area contributed by atoms with E-state index in [0.29, 0.717) is 6.04 Å². The minimum absolute atomic E-state index is 0.0723. The highest BCUT2D eigenvalue weighted by Gasteiger charge is 2.43. The lowest BCUT2D eigenvalue weighted by molar-refractivity contribution is 0.00657. The van der Waals surface area contributed by atoms with Crippen LogP contribution in [0.25, 0.3) is 0 Å². The number of rotatable bonds is 0. The normalized spacial score (nSPS) is 45.0. The zero-order chi connectivity index (χ0) is 7.73. The van der Waals surface area contributed by atoms with Gasteiger partial charge < -0.3 is 10.5 Å². The zero-order valence-corrected chi connectivity index (χ0v) is 7.53. The number of hydrogen-bond donors (Lipinski definition) is 1. The van der Waals surface area contributed by atoms with Gasteiger partial charge in [0.25, 0.3) is 0 Å². The SMILES string of the molecule is NC1CCOC12CCCSC2. The summed E-state index contributed by atoms with van der Waals surface area (Å²) < 4.78 is 5.75. The molecule has 1 spiro atoms. The molecule has 2 aliphatic rings. The van der Waals surface area contributed by atoms with E-state index >= 15 is 0 Å². The fourth-order valence-corrected chi connectivity index (χ4v) is 3.24. The second-order valence-corrected chi connectivity index (χ2v) is 4.57. The first kappa shape index (κ1) is 7.90. The molecule has 64 valence electrons. The highest BCUT2D eigenvalue weighted by molar-refractivity contribution is 7.99. The second-order valence-electron chi connectivity index (χ2n) is 3.46. The molecule has 11 heavy (non-hydrogen) atoms. The molecule has 0 aromatic heterocycles. The van der Waals surface area contributed by atoms with Gasteiger partial charge in [0.05, 0.1) is 5.60 Å². The van der Waals surface area contributed by atoms with Crippen LogP contribution >= 0.6 is 11.8 Å². The molecule has 2 saturated heterocycles. The van der Waals surface area contributed by atoms with E-state index in [9.17, 15) is 0 Å². The van der Waals surface area contributed by atoms with Crippen molar-refractivity contribution in [3.8, 4) is 0 Å². The van der Waals surface area contributed by atoms with Gasteiger partial charge in [0.15, 0.2) is 0 Å². The Kier molecular flexibility index (Phi) is 2.12. The van der Waals surface area contributed by atoms with Crippen molar-refractivity contribution < 1.29 is 4.74 Å². The Hall–Kier alpha value is 0.270. The third-order valence-electron chi connectivity index (χ3n) is 2.73. The van der Waals surface area contributed by atoms with Gasteiger partial charge in [-0.1, -0.05) is 0 Å². The van der Waals surface area contributed by atoms with Crippen LogP contribution in [-0.4, -0.2) is 29.8 Å². The summed E-state index contributed by atoms with van der Waals surface area (Å²) in [5, 5.41) is 0. The van der Waals surface area contributed by atoms with Gasteiger partial charge in [-0.15, -0.1) is 0 Å². The predicted molar refractivity (Wildman–Crippen MR) is 47.8 cm³/mol. The van der Waals surface area contributed by atoms with Crippen molar-refractivity contribution >= 4 is 11.8 Å². The highest BCUT2D eigenvalue weighted by atomic mass is 32.2.